The Bertz CT molecular complexity index is 143. The number of thioether (sulfide) groups is 1. The monoisotopic (exact) mass is 187 g/mol. The molecule has 2 aliphatic heterocycles. The molecule has 0 aromatic carbocycles. The van der Waals surface area contributed by atoms with Gasteiger partial charge in [0.25, 0.3) is 0 Å². The summed E-state index contributed by atoms with van der Waals surface area (Å²) < 4.78 is 5.33. The van der Waals surface area contributed by atoms with E-state index in [2.05, 4.69) is 0 Å². The fourth-order valence-corrected chi connectivity index (χ4v) is 2.85. The second-order valence-corrected chi connectivity index (χ2v) is 5.00. The van der Waals surface area contributed by atoms with E-state index < -0.39 is 0 Å². The van der Waals surface area contributed by atoms with Crippen LogP contribution >= 0.6 is 11.8 Å². The van der Waals surface area contributed by atoms with Crippen molar-refractivity contribution in [2.45, 2.75) is 18.9 Å². The molecule has 2 nitrogen and oxygen atoms in total. The maximum atomic E-state index is 6.09. The lowest BCUT2D eigenvalue weighted by Crippen LogP contribution is -2.39. The van der Waals surface area contributed by atoms with Gasteiger partial charge in [-0.3, -0.25) is 0 Å². The van der Waals surface area contributed by atoms with Crippen LogP contribution in [0.2, 0.25) is 0 Å². The highest BCUT2D eigenvalue weighted by molar-refractivity contribution is 8.00. The molecule has 0 aromatic rings. The molecular formula is C9H17NOS. The van der Waals surface area contributed by atoms with Crippen LogP contribution in [0.15, 0.2) is 0 Å². The Labute approximate surface area is 78.2 Å². The minimum atomic E-state index is 0.443. The molecule has 0 saturated carbocycles. The Morgan fingerprint density at radius 2 is 2.33 bits per heavy atom. The van der Waals surface area contributed by atoms with Gasteiger partial charge in [0, 0.05) is 19.3 Å². The molecule has 0 aromatic heterocycles. The zero-order valence-corrected chi connectivity index (χ0v) is 8.19. The van der Waals surface area contributed by atoms with Gasteiger partial charge in [0.2, 0.25) is 0 Å². The molecule has 2 unspecified atom stereocenters. The fourth-order valence-electron chi connectivity index (χ4n) is 1.85. The van der Waals surface area contributed by atoms with Gasteiger partial charge < -0.3 is 10.5 Å². The number of hydrogen-bond donors (Lipinski definition) is 1. The molecule has 2 rings (SSSR count). The second kappa shape index (κ2) is 3.99. The summed E-state index contributed by atoms with van der Waals surface area (Å²) in [6.07, 6.45) is 2.42. The van der Waals surface area contributed by atoms with Gasteiger partial charge in [-0.25, -0.2) is 0 Å². The van der Waals surface area contributed by atoms with Crippen molar-refractivity contribution in [3.63, 3.8) is 0 Å². The van der Waals surface area contributed by atoms with E-state index >= 15 is 0 Å². The van der Waals surface area contributed by atoms with Gasteiger partial charge in [-0.1, -0.05) is 0 Å². The zero-order valence-electron chi connectivity index (χ0n) is 7.37. The third-order valence-electron chi connectivity index (χ3n) is 2.90. The van der Waals surface area contributed by atoms with Crippen molar-refractivity contribution in [2.75, 3.05) is 24.7 Å². The largest absolute Gasteiger partial charge is 0.381 e. The van der Waals surface area contributed by atoms with E-state index in [1.165, 1.54) is 24.3 Å². The van der Waals surface area contributed by atoms with Crippen molar-refractivity contribution in [1.82, 2.24) is 0 Å². The average molecular weight is 187 g/mol. The van der Waals surface area contributed by atoms with Gasteiger partial charge in [-0.15, -0.1) is 0 Å². The Morgan fingerprint density at radius 3 is 2.83 bits per heavy atom. The number of hydrogen-bond acceptors (Lipinski definition) is 3. The molecule has 70 valence electrons. The van der Waals surface area contributed by atoms with E-state index in [1.807, 2.05) is 11.8 Å². The van der Waals surface area contributed by atoms with Crippen LogP contribution in [0.1, 0.15) is 12.8 Å². The van der Waals surface area contributed by atoms with Gasteiger partial charge in [0.1, 0.15) is 0 Å². The summed E-state index contributed by atoms with van der Waals surface area (Å²) in [5.41, 5.74) is 6.09. The van der Waals surface area contributed by atoms with Gasteiger partial charge >= 0.3 is 0 Å². The maximum absolute atomic E-state index is 6.09. The fraction of sp³-hybridized carbons (Fsp3) is 1.00. The summed E-state index contributed by atoms with van der Waals surface area (Å²) in [7, 11) is 0. The quantitative estimate of drug-likeness (QED) is 0.718. The van der Waals surface area contributed by atoms with Gasteiger partial charge in [0.05, 0.1) is 0 Å². The molecule has 2 N–H and O–H groups in total. The summed E-state index contributed by atoms with van der Waals surface area (Å²) in [4.78, 5) is 0. The summed E-state index contributed by atoms with van der Waals surface area (Å²) in [6, 6.07) is 0.443. The van der Waals surface area contributed by atoms with E-state index in [-0.39, 0.29) is 0 Å². The average Bonchev–Trinajstić information content (AvgIpc) is 2.34. The highest BCUT2D eigenvalue weighted by atomic mass is 32.2. The van der Waals surface area contributed by atoms with Crippen molar-refractivity contribution >= 4 is 11.8 Å². The normalized spacial score (nSPS) is 33.2. The third-order valence-corrected chi connectivity index (χ3v) is 4.23. The van der Waals surface area contributed by atoms with Crippen molar-refractivity contribution in [1.29, 1.82) is 0 Å². The van der Waals surface area contributed by atoms with Crippen LogP contribution < -0.4 is 5.73 Å². The number of ether oxygens (including phenoxy) is 1. The lowest BCUT2D eigenvalue weighted by molar-refractivity contribution is 0.181. The zero-order chi connectivity index (χ0) is 8.39. The van der Waals surface area contributed by atoms with Crippen molar-refractivity contribution < 1.29 is 4.74 Å². The smallest absolute Gasteiger partial charge is 0.0495 e. The third kappa shape index (κ3) is 1.95. The Hall–Kier alpha value is 0.270. The topological polar surface area (TPSA) is 35.2 Å². The highest BCUT2D eigenvalue weighted by Crippen LogP contribution is 2.30. The molecule has 0 spiro atoms. The van der Waals surface area contributed by atoms with Crippen LogP contribution in [-0.2, 0) is 4.74 Å². The molecule has 3 heteroatoms. The van der Waals surface area contributed by atoms with Crippen molar-refractivity contribution in [3.8, 4) is 0 Å². The summed E-state index contributed by atoms with van der Waals surface area (Å²) in [5.74, 6) is 4.13. The standard InChI is InChI=1S/C9H17NOS/c10-9(8-5-12-6-8)3-7-1-2-11-4-7/h7-9H,1-6,10H2. The van der Waals surface area contributed by atoms with E-state index in [9.17, 15) is 0 Å². The lowest BCUT2D eigenvalue weighted by atomic mass is 9.92. The summed E-state index contributed by atoms with van der Waals surface area (Å²) in [6.45, 7) is 1.91. The van der Waals surface area contributed by atoms with Crippen molar-refractivity contribution in [2.24, 2.45) is 17.6 Å². The maximum Gasteiger partial charge on any atom is 0.0495 e. The van der Waals surface area contributed by atoms with Gasteiger partial charge in [-0.05, 0) is 36.2 Å². The Morgan fingerprint density at radius 1 is 1.50 bits per heavy atom. The Balaban J connectivity index is 1.69. The van der Waals surface area contributed by atoms with Crippen LogP contribution in [0, 0.1) is 11.8 Å². The van der Waals surface area contributed by atoms with Crippen LogP contribution in [-0.4, -0.2) is 30.8 Å². The molecule has 0 radical (unpaired) electrons. The molecule has 12 heavy (non-hydrogen) atoms. The van der Waals surface area contributed by atoms with E-state index in [0.717, 1.165) is 25.0 Å². The molecule has 2 heterocycles. The molecule has 2 atom stereocenters. The van der Waals surface area contributed by atoms with Crippen LogP contribution in [0.3, 0.4) is 0 Å². The van der Waals surface area contributed by atoms with Crippen molar-refractivity contribution in [3.05, 3.63) is 0 Å². The molecule has 2 aliphatic rings. The predicted octanol–water partition coefficient (Wildman–Crippen LogP) is 1.10. The first-order chi connectivity index (χ1) is 5.86. The molecule has 0 aliphatic carbocycles. The lowest BCUT2D eigenvalue weighted by Gasteiger charge is -2.31. The SMILES string of the molecule is NC(CC1CCOC1)C1CSC1. The first-order valence-corrected chi connectivity index (χ1v) is 5.93. The van der Waals surface area contributed by atoms with Crippen LogP contribution in [0.25, 0.3) is 0 Å². The van der Waals surface area contributed by atoms with Crippen LogP contribution in [0.5, 0.6) is 0 Å². The summed E-state index contributed by atoms with van der Waals surface area (Å²) >= 11 is 2.02. The van der Waals surface area contributed by atoms with E-state index in [1.54, 1.807) is 0 Å². The summed E-state index contributed by atoms with van der Waals surface area (Å²) in [5, 5.41) is 0. The molecule has 2 fully saturated rings. The predicted molar refractivity (Wildman–Crippen MR) is 52.3 cm³/mol. The molecule has 0 amide bonds. The van der Waals surface area contributed by atoms with Gasteiger partial charge in [-0.2, -0.15) is 11.8 Å². The Kier molecular flexibility index (Phi) is 2.94. The first-order valence-electron chi connectivity index (χ1n) is 4.77. The molecule has 0 bridgehead atoms. The minimum absolute atomic E-state index is 0.443. The van der Waals surface area contributed by atoms with Crippen LogP contribution in [0.4, 0.5) is 0 Å². The number of nitrogens with two attached hydrogens (primary N) is 1. The van der Waals surface area contributed by atoms with E-state index in [0.29, 0.717) is 6.04 Å². The van der Waals surface area contributed by atoms with E-state index in [4.69, 9.17) is 10.5 Å². The minimum Gasteiger partial charge on any atom is -0.381 e. The van der Waals surface area contributed by atoms with Gasteiger partial charge in [0.15, 0.2) is 0 Å². The molecular weight excluding hydrogens is 170 g/mol. The second-order valence-electron chi connectivity index (χ2n) is 3.93. The first kappa shape index (κ1) is 8.85. The number of rotatable bonds is 3. The highest BCUT2D eigenvalue weighted by Gasteiger charge is 2.28. The molecule has 2 saturated heterocycles.